The summed E-state index contributed by atoms with van der Waals surface area (Å²) in [5.74, 6) is -0.381. The molecule has 1 amide bonds. The van der Waals surface area contributed by atoms with E-state index < -0.39 is 6.04 Å². The van der Waals surface area contributed by atoms with E-state index in [0.717, 1.165) is 4.68 Å². The Kier molecular flexibility index (Phi) is 4.65. The average Bonchev–Trinajstić information content (AvgIpc) is 2.39. The van der Waals surface area contributed by atoms with Gasteiger partial charge in [-0.05, 0) is 38.1 Å². The summed E-state index contributed by atoms with van der Waals surface area (Å²) in [5, 5.41) is 7.55. The van der Waals surface area contributed by atoms with Crippen LogP contribution in [-0.2, 0) is 4.79 Å². The molecule has 1 aromatic carbocycles. The Morgan fingerprint density at radius 1 is 1.24 bits per heavy atom. The van der Waals surface area contributed by atoms with Gasteiger partial charge in [-0.1, -0.05) is 23.2 Å². The van der Waals surface area contributed by atoms with Crippen LogP contribution in [0.3, 0.4) is 0 Å². The summed E-state index contributed by atoms with van der Waals surface area (Å²) in [6.07, 6.45) is 0. The largest absolute Gasteiger partial charge is 0.324 e. The third-order valence-corrected chi connectivity index (χ3v) is 3.27. The normalized spacial score (nSPS) is 12.0. The van der Waals surface area contributed by atoms with E-state index in [1.165, 1.54) is 6.07 Å². The van der Waals surface area contributed by atoms with E-state index in [1.807, 2.05) is 0 Å². The molecular formula is C14H13Cl2N3O2. The molecule has 1 unspecified atom stereocenters. The van der Waals surface area contributed by atoms with Crippen molar-refractivity contribution in [3.63, 3.8) is 0 Å². The number of halogens is 2. The summed E-state index contributed by atoms with van der Waals surface area (Å²) in [4.78, 5) is 24.0. The van der Waals surface area contributed by atoms with E-state index in [9.17, 15) is 9.59 Å². The second-order valence-corrected chi connectivity index (χ2v) is 5.45. The molecule has 21 heavy (non-hydrogen) atoms. The number of aromatic nitrogens is 2. The van der Waals surface area contributed by atoms with Crippen LogP contribution < -0.4 is 10.9 Å². The Labute approximate surface area is 131 Å². The Balaban J connectivity index is 2.23. The monoisotopic (exact) mass is 325 g/mol. The van der Waals surface area contributed by atoms with Crippen molar-refractivity contribution >= 4 is 34.8 Å². The van der Waals surface area contributed by atoms with Gasteiger partial charge in [0.2, 0.25) is 5.91 Å². The van der Waals surface area contributed by atoms with Gasteiger partial charge in [0.1, 0.15) is 6.04 Å². The molecule has 0 saturated heterocycles. The number of aryl methyl sites for hydroxylation is 1. The number of anilines is 1. The average molecular weight is 326 g/mol. The molecular weight excluding hydrogens is 313 g/mol. The summed E-state index contributed by atoms with van der Waals surface area (Å²) >= 11 is 11.7. The molecule has 7 heteroatoms. The predicted molar refractivity (Wildman–Crippen MR) is 83.0 cm³/mol. The zero-order valence-corrected chi connectivity index (χ0v) is 12.9. The molecule has 0 aliphatic heterocycles. The Morgan fingerprint density at radius 3 is 2.48 bits per heavy atom. The number of benzene rings is 1. The minimum atomic E-state index is -0.754. The highest BCUT2D eigenvalue weighted by Crippen LogP contribution is 2.23. The molecule has 2 rings (SSSR count). The first-order valence-electron chi connectivity index (χ1n) is 6.20. The lowest BCUT2D eigenvalue weighted by Crippen LogP contribution is -2.33. The molecule has 1 N–H and O–H groups in total. The van der Waals surface area contributed by atoms with Gasteiger partial charge in [-0.2, -0.15) is 5.10 Å². The summed E-state index contributed by atoms with van der Waals surface area (Å²) < 4.78 is 1.14. The van der Waals surface area contributed by atoms with Crippen molar-refractivity contribution in [3.8, 4) is 0 Å². The Bertz CT molecular complexity index is 723. The van der Waals surface area contributed by atoms with Crippen molar-refractivity contribution in [3.05, 3.63) is 56.4 Å². The van der Waals surface area contributed by atoms with Crippen LogP contribution in [0, 0.1) is 6.92 Å². The second-order valence-electron chi connectivity index (χ2n) is 4.58. The highest BCUT2D eigenvalue weighted by atomic mass is 35.5. The van der Waals surface area contributed by atoms with Crippen molar-refractivity contribution in [2.24, 2.45) is 0 Å². The van der Waals surface area contributed by atoms with Gasteiger partial charge in [0.15, 0.2) is 0 Å². The molecule has 110 valence electrons. The topological polar surface area (TPSA) is 64.0 Å². The highest BCUT2D eigenvalue weighted by molar-refractivity contribution is 6.35. The van der Waals surface area contributed by atoms with Crippen LogP contribution in [0.25, 0.3) is 0 Å². The minimum absolute atomic E-state index is 0.340. The first-order chi connectivity index (χ1) is 9.86. The highest BCUT2D eigenvalue weighted by Gasteiger charge is 2.17. The molecule has 0 aliphatic carbocycles. The molecule has 0 radical (unpaired) electrons. The summed E-state index contributed by atoms with van der Waals surface area (Å²) in [5.41, 5.74) is 0.775. The number of hydrogen-bond acceptors (Lipinski definition) is 3. The molecule has 0 saturated carbocycles. The third kappa shape index (κ3) is 3.83. The van der Waals surface area contributed by atoms with Gasteiger partial charge in [-0.3, -0.25) is 9.59 Å². The number of nitrogens with one attached hydrogen (secondary N) is 1. The van der Waals surface area contributed by atoms with Gasteiger partial charge in [0.05, 0.1) is 5.69 Å². The smallest absolute Gasteiger partial charge is 0.267 e. The lowest BCUT2D eigenvalue weighted by molar-refractivity contribution is -0.119. The summed E-state index contributed by atoms with van der Waals surface area (Å²) in [6, 6.07) is 6.93. The Hall–Kier alpha value is -1.85. The number of rotatable bonds is 3. The van der Waals surface area contributed by atoms with E-state index in [1.54, 1.807) is 38.1 Å². The number of nitrogens with zero attached hydrogens (tertiary/aromatic N) is 2. The number of carbonyl (C=O) groups excluding carboxylic acids is 1. The number of carbonyl (C=O) groups is 1. The van der Waals surface area contributed by atoms with Crippen LogP contribution >= 0.6 is 23.2 Å². The van der Waals surface area contributed by atoms with Crippen molar-refractivity contribution in [1.82, 2.24) is 9.78 Å². The molecule has 2 aromatic rings. The van der Waals surface area contributed by atoms with Crippen LogP contribution in [0.1, 0.15) is 18.7 Å². The fourth-order valence-corrected chi connectivity index (χ4v) is 2.31. The van der Waals surface area contributed by atoms with E-state index in [2.05, 4.69) is 10.4 Å². The van der Waals surface area contributed by atoms with Gasteiger partial charge < -0.3 is 5.32 Å². The van der Waals surface area contributed by atoms with E-state index in [-0.39, 0.29) is 11.5 Å². The van der Waals surface area contributed by atoms with Gasteiger partial charge in [0, 0.05) is 21.8 Å². The minimum Gasteiger partial charge on any atom is -0.324 e. The maximum absolute atomic E-state index is 12.2. The van der Waals surface area contributed by atoms with Crippen molar-refractivity contribution in [2.45, 2.75) is 19.9 Å². The Morgan fingerprint density at radius 2 is 1.86 bits per heavy atom. The second kappa shape index (κ2) is 6.28. The van der Waals surface area contributed by atoms with E-state index in [0.29, 0.717) is 21.4 Å². The molecule has 1 heterocycles. The zero-order chi connectivity index (χ0) is 15.6. The lowest BCUT2D eigenvalue weighted by Gasteiger charge is -2.14. The summed E-state index contributed by atoms with van der Waals surface area (Å²) in [6.45, 7) is 3.34. The summed E-state index contributed by atoms with van der Waals surface area (Å²) in [7, 11) is 0. The molecule has 1 aromatic heterocycles. The quantitative estimate of drug-likeness (QED) is 0.943. The van der Waals surface area contributed by atoms with Gasteiger partial charge in [-0.15, -0.1) is 0 Å². The zero-order valence-electron chi connectivity index (χ0n) is 11.4. The third-order valence-electron chi connectivity index (χ3n) is 2.83. The van der Waals surface area contributed by atoms with Gasteiger partial charge in [0.25, 0.3) is 5.56 Å². The van der Waals surface area contributed by atoms with Crippen molar-refractivity contribution in [2.75, 3.05) is 5.32 Å². The molecule has 1 atom stereocenters. The van der Waals surface area contributed by atoms with Gasteiger partial charge >= 0.3 is 0 Å². The van der Waals surface area contributed by atoms with Crippen molar-refractivity contribution < 1.29 is 4.79 Å². The molecule has 0 spiro atoms. The lowest BCUT2D eigenvalue weighted by atomic mass is 10.2. The fourth-order valence-electron chi connectivity index (χ4n) is 1.78. The number of amides is 1. The van der Waals surface area contributed by atoms with Crippen LogP contribution in [0.2, 0.25) is 10.0 Å². The molecule has 0 bridgehead atoms. The standard InChI is InChI=1S/C14H13Cl2N3O2/c1-8-3-4-13(20)19(18-8)9(2)14(21)17-12-6-10(15)5-11(16)7-12/h3-7,9H,1-2H3,(H,17,21). The van der Waals surface area contributed by atoms with Crippen LogP contribution in [0.15, 0.2) is 35.1 Å². The van der Waals surface area contributed by atoms with Crippen molar-refractivity contribution in [1.29, 1.82) is 0 Å². The predicted octanol–water partition coefficient (Wildman–Crippen LogP) is 3.06. The van der Waals surface area contributed by atoms with Crippen LogP contribution in [0.5, 0.6) is 0 Å². The SMILES string of the molecule is Cc1ccc(=O)n(C(C)C(=O)Nc2cc(Cl)cc(Cl)c2)n1. The van der Waals surface area contributed by atoms with Crippen LogP contribution in [0.4, 0.5) is 5.69 Å². The number of hydrogen-bond donors (Lipinski definition) is 1. The van der Waals surface area contributed by atoms with E-state index >= 15 is 0 Å². The molecule has 5 nitrogen and oxygen atoms in total. The van der Waals surface area contributed by atoms with E-state index in [4.69, 9.17) is 23.2 Å². The fraction of sp³-hybridized carbons (Fsp3) is 0.214. The maximum atomic E-state index is 12.2. The van der Waals surface area contributed by atoms with Gasteiger partial charge in [-0.25, -0.2) is 4.68 Å². The first kappa shape index (κ1) is 15.5. The molecule has 0 aliphatic rings. The molecule has 0 fully saturated rings. The first-order valence-corrected chi connectivity index (χ1v) is 6.96. The maximum Gasteiger partial charge on any atom is 0.267 e. The van der Waals surface area contributed by atoms with Crippen LogP contribution in [-0.4, -0.2) is 15.7 Å².